The maximum Gasteiger partial charge on any atom is 1.00 e. The summed E-state index contributed by atoms with van der Waals surface area (Å²) in [5.41, 5.74) is 14.6. The van der Waals surface area contributed by atoms with Gasteiger partial charge in [0.05, 0.1) is 12.6 Å². The Bertz CT molecular complexity index is 719. The molecule has 13 nitrogen and oxygen atoms in total. The molecule has 0 fully saturated rings. The maximum absolute atomic E-state index is 12.7. The largest absolute Gasteiger partial charge is 1.00 e. The third-order valence-corrected chi connectivity index (χ3v) is 4.48. The number of hydrogen-bond acceptors (Lipinski definition) is 8. The number of carbonyl (C=O) groups excluding carboxylic acids is 6. The molecule has 0 spiro atoms. The fourth-order valence-electron chi connectivity index (χ4n) is 2.61. The van der Waals surface area contributed by atoms with Gasteiger partial charge in [0, 0.05) is 25.4 Å². The molecule has 0 bridgehead atoms. The Kier molecular flexibility index (Phi) is 22.0. The monoisotopic (exact) mass is 518 g/mol. The van der Waals surface area contributed by atoms with Gasteiger partial charge in [0.1, 0.15) is 19.7 Å². The molecule has 0 heterocycles. The molecule has 0 saturated carbocycles. The summed E-state index contributed by atoms with van der Waals surface area (Å²) in [4.78, 5) is 70.0. The van der Waals surface area contributed by atoms with Crippen LogP contribution in [-0.4, -0.2) is 67.1 Å². The molecule has 0 aliphatic rings. The number of amides is 4. The van der Waals surface area contributed by atoms with Gasteiger partial charge in [-0.1, -0.05) is 0 Å². The van der Waals surface area contributed by atoms with Crippen molar-refractivity contribution in [3.63, 3.8) is 0 Å². The van der Waals surface area contributed by atoms with Crippen LogP contribution in [0.5, 0.6) is 0 Å². The Labute approximate surface area is 228 Å². The van der Waals surface area contributed by atoms with Crippen molar-refractivity contribution in [2.45, 2.75) is 69.5 Å². The number of aliphatic carboxylic acids is 1. The average molecular weight is 519 g/mol. The van der Waals surface area contributed by atoms with Gasteiger partial charge in [-0.3, -0.25) is 19.2 Å². The zero-order valence-electron chi connectivity index (χ0n) is 20.4. The molecule has 0 aromatic heterocycles. The smallest absolute Gasteiger partial charge is 1.00 e. The number of nitrogens with one attached hydrogen (secondary N) is 3. The van der Waals surface area contributed by atoms with Gasteiger partial charge < -0.3 is 60.3 Å². The van der Waals surface area contributed by atoms with Crippen molar-refractivity contribution in [1.29, 1.82) is 0 Å². The summed E-state index contributed by atoms with van der Waals surface area (Å²) in [6.07, 6.45) is -0.889. The minimum atomic E-state index is -1.39. The van der Waals surface area contributed by atoms with Gasteiger partial charge >= 0.3 is 29.6 Å². The van der Waals surface area contributed by atoms with E-state index in [1.54, 1.807) is 0 Å². The first-order valence-corrected chi connectivity index (χ1v) is 10.4. The van der Waals surface area contributed by atoms with Gasteiger partial charge in [-0.15, -0.1) is 0 Å². The van der Waals surface area contributed by atoms with Crippen LogP contribution in [0.25, 0.3) is 0 Å². The first-order valence-electron chi connectivity index (χ1n) is 10.9. The van der Waals surface area contributed by atoms with E-state index in [9.17, 15) is 33.9 Å². The number of hydrogen-bond donors (Lipinski definition) is 6. The molecule has 0 saturated heterocycles. The first-order chi connectivity index (χ1) is 15.5. The van der Waals surface area contributed by atoms with Crippen LogP contribution in [0.2, 0.25) is 0 Å². The van der Waals surface area contributed by atoms with Crippen molar-refractivity contribution in [3.8, 4) is 0 Å². The van der Waals surface area contributed by atoms with Gasteiger partial charge in [-0.25, -0.2) is 0 Å². The van der Waals surface area contributed by atoms with Crippen LogP contribution < -0.4 is 80.2 Å². The standard InChI is InChI=1S/C19H34N6O7.ClH.Na/c20-9-1-2-10-23-15(27)7-6-14(25-18(31)12(21)5-8-16(28)29)19(32)24-13(17(22)30)4-3-11-26;;/h11-14H,1-10,20-21H2,(H2,22,30)(H,23,27)(H,24,32)(H,25,31)(H,28,29);1H;/q;;+1/p-1/i11T;;. The fraction of sp³-hybridized carbons (Fsp3) is 0.684. The summed E-state index contributed by atoms with van der Waals surface area (Å²) in [5, 5.41) is 17.9. The minimum absolute atomic E-state index is 0. The zero-order chi connectivity index (χ0) is 25.4. The van der Waals surface area contributed by atoms with Crippen molar-refractivity contribution < 1.29 is 82.9 Å². The summed E-state index contributed by atoms with van der Waals surface area (Å²) >= 11 is 0. The number of primary amides is 1. The van der Waals surface area contributed by atoms with Crippen LogP contribution in [0.3, 0.4) is 0 Å². The molecule has 34 heavy (non-hydrogen) atoms. The number of carboxylic acids is 1. The van der Waals surface area contributed by atoms with Crippen LogP contribution in [-0.2, 0) is 28.8 Å². The Morgan fingerprint density at radius 2 is 1.62 bits per heavy atom. The third kappa shape index (κ3) is 17.7. The molecule has 0 aliphatic heterocycles. The molecule has 0 rings (SSSR count). The molecule has 0 aliphatic carbocycles. The van der Waals surface area contributed by atoms with Crippen molar-refractivity contribution >= 4 is 35.9 Å². The number of carboxylic acid groups (broad SMARTS) is 1. The number of rotatable bonds is 18. The van der Waals surface area contributed by atoms with Crippen LogP contribution in [0.4, 0.5) is 0 Å². The molecule has 0 aromatic rings. The number of carbonyl (C=O) groups is 6. The van der Waals surface area contributed by atoms with E-state index < -0.39 is 54.5 Å². The minimum Gasteiger partial charge on any atom is -1.00 e. The molecule has 15 heteroatoms. The van der Waals surface area contributed by atoms with Crippen molar-refractivity contribution in [2.24, 2.45) is 11.5 Å². The number of aldehydes is 1. The molecule has 0 aromatic carbocycles. The van der Waals surface area contributed by atoms with Crippen molar-refractivity contribution in [2.75, 3.05) is 13.1 Å². The van der Waals surface area contributed by atoms with E-state index in [1.165, 1.54) is 0 Å². The van der Waals surface area contributed by atoms with E-state index in [4.69, 9.17) is 12.8 Å². The summed E-state index contributed by atoms with van der Waals surface area (Å²) in [6, 6.07) is -3.80. The summed E-state index contributed by atoms with van der Waals surface area (Å²) in [6.45, 7) is 1.16. The molecule has 3 unspecified atom stereocenters. The van der Waals surface area contributed by atoms with E-state index in [-0.39, 0.29) is 80.0 Å². The molecular formula is C19H34ClN6NaO7. The topological polar surface area (TPSA) is 241 Å². The number of halogens is 1. The Hall–Kier alpha value is -1.77. The van der Waals surface area contributed by atoms with E-state index in [2.05, 4.69) is 21.7 Å². The summed E-state index contributed by atoms with van der Waals surface area (Å²) < 4.78 is 6.91. The second-order valence-electron chi connectivity index (χ2n) is 7.17. The predicted molar refractivity (Wildman–Crippen MR) is 110 cm³/mol. The molecule has 190 valence electrons. The molecular weight excluding hydrogens is 483 g/mol. The van der Waals surface area contributed by atoms with Gasteiger partial charge in [-0.05, 0) is 38.5 Å². The number of quaternary nitrogens is 1. The van der Waals surface area contributed by atoms with Gasteiger partial charge in [0.15, 0.2) is 0 Å². The molecule has 4 amide bonds. The quantitative estimate of drug-likeness (QED) is 0.0576. The number of nitrogens with two attached hydrogens (primary N) is 2. The Morgan fingerprint density at radius 3 is 2.15 bits per heavy atom. The van der Waals surface area contributed by atoms with Crippen molar-refractivity contribution in [3.05, 3.63) is 0 Å². The fourth-order valence-corrected chi connectivity index (χ4v) is 2.61. The summed E-state index contributed by atoms with van der Waals surface area (Å²) in [7, 11) is 0. The Balaban J connectivity index is -0.00000512. The van der Waals surface area contributed by atoms with Crippen LogP contribution >= 0.6 is 0 Å². The second kappa shape index (κ2) is 21.7. The van der Waals surface area contributed by atoms with Gasteiger partial charge in [0.2, 0.25) is 23.6 Å². The maximum atomic E-state index is 12.7. The molecule has 0 radical (unpaired) electrons. The molecule has 3 atom stereocenters. The van der Waals surface area contributed by atoms with Gasteiger partial charge in [-0.2, -0.15) is 0 Å². The summed E-state index contributed by atoms with van der Waals surface area (Å²) in [5.74, 6) is -4.37. The average Bonchev–Trinajstić information content (AvgIpc) is 2.74. The third-order valence-electron chi connectivity index (χ3n) is 4.48. The SMILES string of the molecule is [3H]C(=O)CCC(NC(=O)C(CCC(=O)NCCCC[NH3+])NC(=O)C(N)CCC(=O)[O-])C(N)=O.[Cl-].[Na+]. The molecule has 10 N–H and O–H groups in total. The number of unbranched alkanes of at least 4 members (excludes halogenated alkanes) is 1. The zero-order valence-corrected chi connectivity index (χ0v) is 22.2. The predicted octanol–water partition coefficient (Wildman–Crippen LogP) is -10.8. The van der Waals surface area contributed by atoms with Crippen molar-refractivity contribution in [1.82, 2.24) is 16.0 Å². The van der Waals surface area contributed by atoms with E-state index >= 15 is 0 Å². The van der Waals surface area contributed by atoms with E-state index in [0.29, 0.717) is 6.54 Å². The van der Waals surface area contributed by atoms with Crippen LogP contribution in [0, 0.1) is 0 Å². The van der Waals surface area contributed by atoms with E-state index in [1.807, 2.05) is 0 Å². The van der Waals surface area contributed by atoms with E-state index in [0.717, 1.165) is 19.4 Å². The van der Waals surface area contributed by atoms with Gasteiger partial charge in [0.25, 0.3) is 0 Å². The Morgan fingerprint density at radius 1 is 1.00 bits per heavy atom. The van der Waals surface area contributed by atoms with Crippen LogP contribution in [0.1, 0.15) is 52.7 Å². The normalized spacial score (nSPS) is 12.9. The first kappa shape index (κ1) is 34.4. The van der Waals surface area contributed by atoms with Crippen LogP contribution in [0.15, 0.2) is 0 Å². The second-order valence-corrected chi connectivity index (χ2v) is 7.17.